The summed E-state index contributed by atoms with van der Waals surface area (Å²) in [4.78, 5) is 2.75. The molecule has 0 aromatic heterocycles. The van der Waals surface area contributed by atoms with Crippen LogP contribution in [0.3, 0.4) is 0 Å². The monoisotopic (exact) mass is 250 g/mol. The van der Waals surface area contributed by atoms with E-state index in [0.717, 1.165) is 18.0 Å². The Morgan fingerprint density at radius 3 is 2.11 bits per heavy atom. The van der Waals surface area contributed by atoms with Crippen LogP contribution in [0.2, 0.25) is 0 Å². The summed E-state index contributed by atoms with van der Waals surface area (Å²) in [5.74, 6) is 1.02. The molecule has 3 fully saturated rings. The van der Waals surface area contributed by atoms with E-state index in [9.17, 15) is 0 Å². The molecular formula is C16H30N2. The molecule has 2 heteroatoms. The van der Waals surface area contributed by atoms with Gasteiger partial charge in [-0.2, -0.15) is 0 Å². The van der Waals surface area contributed by atoms with Gasteiger partial charge in [-0.15, -0.1) is 0 Å². The van der Waals surface area contributed by atoms with Crippen molar-refractivity contribution in [1.82, 2.24) is 10.2 Å². The van der Waals surface area contributed by atoms with Crippen molar-refractivity contribution in [3.05, 3.63) is 0 Å². The lowest BCUT2D eigenvalue weighted by molar-refractivity contribution is 0.205. The largest absolute Gasteiger partial charge is 0.311 e. The van der Waals surface area contributed by atoms with Gasteiger partial charge in [0.2, 0.25) is 0 Å². The Morgan fingerprint density at radius 2 is 1.44 bits per heavy atom. The summed E-state index contributed by atoms with van der Waals surface area (Å²) in [6, 6.07) is 1.75. The molecule has 0 spiro atoms. The number of hydrogen-bond donors (Lipinski definition) is 1. The lowest BCUT2D eigenvalue weighted by Gasteiger charge is -2.31. The minimum atomic E-state index is 0.876. The molecule has 2 bridgehead atoms. The Hall–Kier alpha value is -0.0800. The van der Waals surface area contributed by atoms with Crippen molar-refractivity contribution in [1.29, 1.82) is 0 Å². The van der Waals surface area contributed by atoms with Crippen LogP contribution in [0, 0.1) is 5.92 Å². The molecule has 18 heavy (non-hydrogen) atoms. The zero-order chi connectivity index (χ0) is 12.2. The van der Waals surface area contributed by atoms with Gasteiger partial charge in [0.05, 0.1) is 0 Å². The van der Waals surface area contributed by atoms with Gasteiger partial charge in [-0.05, 0) is 70.5 Å². The second-order valence-electron chi connectivity index (χ2n) is 6.87. The highest BCUT2D eigenvalue weighted by atomic mass is 15.1. The van der Waals surface area contributed by atoms with Crippen LogP contribution in [0.15, 0.2) is 0 Å². The zero-order valence-electron chi connectivity index (χ0n) is 11.9. The van der Waals surface area contributed by atoms with Crippen molar-refractivity contribution in [2.45, 2.75) is 76.3 Å². The molecule has 2 atom stereocenters. The zero-order valence-corrected chi connectivity index (χ0v) is 11.9. The van der Waals surface area contributed by atoms with E-state index in [-0.39, 0.29) is 0 Å². The lowest BCUT2D eigenvalue weighted by atomic mass is 9.89. The molecule has 3 saturated heterocycles. The number of nitrogens with one attached hydrogen (secondary N) is 1. The molecule has 3 rings (SSSR count). The molecule has 0 aromatic carbocycles. The van der Waals surface area contributed by atoms with Gasteiger partial charge < -0.3 is 10.2 Å². The van der Waals surface area contributed by atoms with E-state index < -0.39 is 0 Å². The van der Waals surface area contributed by atoms with E-state index in [1.807, 2.05) is 0 Å². The molecule has 1 N–H and O–H groups in total. The number of nitrogens with zero attached hydrogens (tertiary/aromatic N) is 1. The number of rotatable bonds is 3. The molecule has 0 radical (unpaired) electrons. The van der Waals surface area contributed by atoms with Gasteiger partial charge in [-0.1, -0.05) is 19.3 Å². The van der Waals surface area contributed by atoms with Gasteiger partial charge in [0.25, 0.3) is 0 Å². The fraction of sp³-hybridized carbons (Fsp3) is 1.00. The van der Waals surface area contributed by atoms with Gasteiger partial charge in [0.15, 0.2) is 0 Å². The van der Waals surface area contributed by atoms with E-state index in [2.05, 4.69) is 10.2 Å². The normalized spacial score (nSPS) is 38.3. The molecule has 0 aliphatic carbocycles. The maximum absolute atomic E-state index is 3.76. The SMILES string of the molecule is C1CCCN(CCC2CC3CCC(C2)N3)CCC1. The molecule has 0 aromatic rings. The molecule has 2 nitrogen and oxygen atoms in total. The quantitative estimate of drug-likeness (QED) is 0.827. The third-order valence-electron chi connectivity index (χ3n) is 5.37. The third-order valence-corrected chi connectivity index (χ3v) is 5.37. The summed E-state index contributed by atoms with van der Waals surface area (Å²) in [6.45, 7) is 4.12. The van der Waals surface area contributed by atoms with Crippen LogP contribution in [-0.4, -0.2) is 36.6 Å². The number of fused-ring (bicyclic) bond motifs is 2. The predicted octanol–water partition coefficient (Wildman–Crippen LogP) is 3.17. The van der Waals surface area contributed by atoms with Gasteiger partial charge in [0, 0.05) is 12.1 Å². The van der Waals surface area contributed by atoms with E-state index in [4.69, 9.17) is 0 Å². The van der Waals surface area contributed by atoms with Crippen molar-refractivity contribution in [3.8, 4) is 0 Å². The maximum atomic E-state index is 3.76. The lowest BCUT2D eigenvalue weighted by Crippen LogP contribution is -2.39. The molecule has 3 aliphatic heterocycles. The van der Waals surface area contributed by atoms with Gasteiger partial charge in [-0.25, -0.2) is 0 Å². The second kappa shape index (κ2) is 6.38. The number of hydrogen-bond acceptors (Lipinski definition) is 2. The minimum Gasteiger partial charge on any atom is -0.311 e. The Kier molecular flexibility index (Phi) is 4.58. The summed E-state index contributed by atoms with van der Waals surface area (Å²) in [5.41, 5.74) is 0. The first-order valence-electron chi connectivity index (χ1n) is 8.38. The first-order valence-corrected chi connectivity index (χ1v) is 8.38. The van der Waals surface area contributed by atoms with E-state index in [1.165, 1.54) is 83.8 Å². The second-order valence-corrected chi connectivity index (χ2v) is 6.87. The van der Waals surface area contributed by atoms with Crippen molar-refractivity contribution in [3.63, 3.8) is 0 Å². The standard InChI is InChI=1S/C16H30N2/c1-2-4-9-18(10-5-3-1)11-8-14-12-15-6-7-16(13-14)17-15/h14-17H,1-13H2. The molecule has 3 heterocycles. The van der Waals surface area contributed by atoms with Gasteiger partial charge in [-0.3, -0.25) is 0 Å². The Bertz CT molecular complexity index is 233. The molecular weight excluding hydrogens is 220 g/mol. The molecule has 104 valence electrons. The van der Waals surface area contributed by atoms with Crippen LogP contribution in [-0.2, 0) is 0 Å². The summed E-state index contributed by atoms with van der Waals surface area (Å²) in [6.07, 6.45) is 14.6. The van der Waals surface area contributed by atoms with Gasteiger partial charge in [0.1, 0.15) is 0 Å². The van der Waals surface area contributed by atoms with Crippen molar-refractivity contribution in [2.75, 3.05) is 19.6 Å². The van der Waals surface area contributed by atoms with Crippen molar-refractivity contribution in [2.24, 2.45) is 5.92 Å². The summed E-state index contributed by atoms with van der Waals surface area (Å²) in [5, 5.41) is 3.76. The Balaban J connectivity index is 1.40. The fourth-order valence-electron chi connectivity index (χ4n) is 4.31. The van der Waals surface area contributed by atoms with Crippen LogP contribution in [0.25, 0.3) is 0 Å². The Morgan fingerprint density at radius 1 is 0.833 bits per heavy atom. The van der Waals surface area contributed by atoms with E-state index in [0.29, 0.717) is 0 Å². The van der Waals surface area contributed by atoms with Crippen molar-refractivity contribution >= 4 is 0 Å². The topological polar surface area (TPSA) is 15.3 Å². The highest BCUT2D eigenvalue weighted by Gasteiger charge is 2.33. The van der Waals surface area contributed by atoms with Crippen LogP contribution >= 0.6 is 0 Å². The molecule has 0 saturated carbocycles. The third kappa shape index (κ3) is 3.48. The first-order chi connectivity index (χ1) is 8.90. The van der Waals surface area contributed by atoms with E-state index >= 15 is 0 Å². The van der Waals surface area contributed by atoms with Crippen LogP contribution in [0.5, 0.6) is 0 Å². The average molecular weight is 250 g/mol. The highest BCUT2D eigenvalue weighted by molar-refractivity contribution is 4.92. The molecule has 3 aliphatic rings. The maximum Gasteiger partial charge on any atom is 0.00728 e. The molecule has 0 amide bonds. The minimum absolute atomic E-state index is 0.876. The molecule has 2 unspecified atom stereocenters. The van der Waals surface area contributed by atoms with Crippen LogP contribution < -0.4 is 5.32 Å². The highest BCUT2D eigenvalue weighted by Crippen LogP contribution is 2.32. The van der Waals surface area contributed by atoms with Crippen LogP contribution in [0.4, 0.5) is 0 Å². The predicted molar refractivity (Wildman–Crippen MR) is 76.8 cm³/mol. The smallest absolute Gasteiger partial charge is 0.00728 e. The summed E-state index contributed by atoms with van der Waals surface area (Å²) < 4.78 is 0. The summed E-state index contributed by atoms with van der Waals surface area (Å²) >= 11 is 0. The number of likely N-dealkylation sites (tertiary alicyclic amines) is 1. The van der Waals surface area contributed by atoms with Crippen LogP contribution in [0.1, 0.15) is 64.2 Å². The van der Waals surface area contributed by atoms with E-state index in [1.54, 1.807) is 0 Å². The summed E-state index contributed by atoms with van der Waals surface area (Å²) in [7, 11) is 0. The van der Waals surface area contributed by atoms with Crippen molar-refractivity contribution < 1.29 is 0 Å². The first kappa shape index (κ1) is 12.9. The number of piperidine rings is 1. The fourth-order valence-corrected chi connectivity index (χ4v) is 4.31. The Labute approximate surface area is 113 Å². The average Bonchev–Trinajstić information content (AvgIpc) is 2.67. The van der Waals surface area contributed by atoms with Gasteiger partial charge >= 0.3 is 0 Å².